The number of H-pyrrole nitrogens is 1. The first kappa shape index (κ1) is 13.1. The fourth-order valence-corrected chi connectivity index (χ4v) is 4.43. The Kier molecular flexibility index (Phi) is 3.60. The van der Waals surface area contributed by atoms with Crippen LogP contribution in [0.3, 0.4) is 0 Å². The molecule has 19 heavy (non-hydrogen) atoms. The summed E-state index contributed by atoms with van der Waals surface area (Å²) in [7, 11) is -3.38. The molecule has 0 radical (unpaired) electrons. The number of nitrogens with one attached hydrogen (secondary N) is 1. The second kappa shape index (κ2) is 5.22. The largest absolute Gasteiger partial charge is 0.298 e. The molecule has 2 fully saturated rings. The van der Waals surface area contributed by atoms with Crippen LogP contribution in [-0.2, 0) is 10.0 Å². The summed E-state index contributed by atoms with van der Waals surface area (Å²) in [6.07, 6.45) is 6.65. The summed E-state index contributed by atoms with van der Waals surface area (Å²) < 4.78 is 26.2. The zero-order valence-electron chi connectivity index (χ0n) is 11.0. The molecule has 1 aromatic rings. The quantitative estimate of drug-likeness (QED) is 0.885. The molecular weight excluding hydrogens is 264 g/mol. The van der Waals surface area contributed by atoms with Gasteiger partial charge < -0.3 is 0 Å². The predicted molar refractivity (Wildman–Crippen MR) is 71.2 cm³/mol. The van der Waals surface area contributed by atoms with Crippen LogP contribution in [0, 0.1) is 0 Å². The van der Waals surface area contributed by atoms with E-state index >= 15 is 0 Å². The first-order valence-electron chi connectivity index (χ1n) is 6.91. The van der Waals surface area contributed by atoms with Crippen LogP contribution >= 0.6 is 0 Å². The Morgan fingerprint density at radius 1 is 1.16 bits per heavy atom. The number of hydrogen-bond acceptors (Lipinski definition) is 4. The molecule has 1 aliphatic carbocycles. The molecule has 1 saturated carbocycles. The minimum absolute atomic E-state index is 0.196. The van der Waals surface area contributed by atoms with Crippen molar-refractivity contribution in [2.75, 3.05) is 26.2 Å². The summed E-state index contributed by atoms with van der Waals surface area (Å²) in [6, 6.07) is 2.19. The standard InChI is InChI=1S/C12H20N4O2S/c17-19(18,12-5-6-13-14-12)16-9-7-15(8-10-16)11-3-1-2-4-11/h5-6,11H,1-4,7-10H2,(H,13,14). The maximum Gasteiger partial charge on any atom is 0.260 e. The average molecular weight is 284 g/mol. The molecule has 0 aromatic carbocycles. The van der Waals surface area contributed by atoms with Crippen molar-refractivity contribution in [3.63, 3.8) is 0 Å². The van der Waals surface area contributed by atoms with Gasteiger partial charge in [0.25, 0.3) is 10.0 Å². The van der Waals surface area contributed by atoms with Crippen molar-refractivity contribution < 1.29 is 8.42 Å². The predicted octanol–water partition coefficient (Wildman–Crippen LogP) is 0.659. The number of sulfonamides is 1. The molecule has 2 aliphatic rings. The summed E-state index contributed by atoms with van der Waals surface area (Å²) in [4.78, 5) is 2.45. The lowest BCUT2D eigenvalue weighted by molar-refractivity contribution is 0.139. The van der Waals surface area contributed by atoms with Gasteiger partial charge in [-0.2, -0.15) is 9.40 Å². The van der Waals surface area contributed by atoms with Crippen LogP contribution in [0.25, 0.3) is 0 Å². The maximum absolute atomic E-state index is 12.3. The van der Waals surface area contributed by atoms with Crippen LogP contribution in [0.4, 0.5) is 0 Å². The molecule has 0 bridgehead atoms. The normalized spacial score (nSPS) is 24.0. The van der Waals surface area contributed by atoms with E-state index in [1.807, 2.05) is 0 Å². The molecule has 1 aliphatic heterocycles. The molecular formula is C12H20N4O2S. The average Bonchev–Trinajstić information content (AvgIpc) is 3.12. The Hall–Kier alpha value is -0.920. The highest BCUT2D eigenvalue weighted by atomic mass is 32.2. The van der Waals surface area contributed by atoms with Crippen molar-refractivity contribution in [1.82, 2.24) is 19.4 Å². The third kappa shape index (κ3) is 2.54. The minimum atomic E-state index is -3.38. The van der Waals surface area contributed by atoms with Gasteiger partial charge in [0, 0.05) is 32.2 Å². The molecule has 1 saturated heterocycles. The van der Waals surface area contributed by atoms with Crippen LogP contribution in [0.15, 0.2) is 17.3 Å². The Bertz CT molecular complexity index is 500. The molecule has 1 aromatic heterocycles. The Morgan fingerprint density at radius 2 is 1.84 bits per heavy atom. The molecule has 0 unspecified atom stereocenters. The SMILES string of the molecule is O=S(=O)(c1ccn[nH]1)N1CCN(C2CCCC2)CC1. The summed E-state index contributed by atoms with van der Waals surface area (Å²) >= 11 is 0. The van der Waals surface area contributed by atoms with Gasteiger partial charge in [-0.1, -0.05) is 12.8 Å². The van der Waals surface area contributed by atoms with Gasteiger partial charge in [0.05, 0.1) is 6.20 Å². The highest BCUT2D eigenvalue weighted by Crippen LogP contribution is 2.25. The first-order valence-corrected chi connectivity index (χ1v) is 8.35. The van der Waals surface area contributed by atoms with Crippen molar-refractivity contribution in [1.29, 1.82) is 0 Å². The number of nitrogens with zero attached hydrogens (tertiary/aromatic N) is 3. The van der Waals surface area contributed by atoms with Gasteiger partial charge in [-0.05, 0) is 18.9 Å². The molecule has 2 heterocycles. The summed E-state index contributed by atoms with van der Waals surface area (Å²) in [5.74, 6) is 0. The van der Waals surface area contributed by atoms with E-state index in [9.17, 15) is 8.42 Å². The van der Waals surface area contributed by atoms with Gasteiger partial charge in [-0.15, -0.1) is 0 Å². The molecule has 1 N–H and O–H groups in total. The lowest BCUT2D eigenvalue weighted by Gasteiger charge is -2.37. The zero-order valence-corrected chi connectivity index (χ0v) is 11.8. The third-order valence-electron chi connectivity index (χ3n) is 4.21. The van der Waals surface area contributed by atoms with Crippen molar-refractivity contribution >= 4 is 10.0 Å². The lowest BCUT2D eigenvalue weighted by atomic mass is 10.2. The van der Waals surface area contributed by atoms with Crippen molar-refractivity contribution in [2.24, 2.45) is 0 Å². The van der Waals surface area contributed by atoms with Gasteiger partial charge in [0.15, 0.2) is 5.03 Å². The second-order valence-electron chi connectivity index (χ2n) is 5.30. The van der Waals surface area contributed by atoms with E-state index < -0.39 is 10.0 Å². The first-order chi connectivity index (χ1) is 9.18. The molecule has 7 heteroatoms. The van der Waals surface area contributed by atoms with Crippen LogP contribution in [0.2, 0.25) is 0 Å². The highest BCUT2D eigenvalue weighted by molar-refractivity contribution is 7.89. The molecule has 6 nitrogen and oxygen atoms in total. The van der Waals surface area contributed by atoms with Crippen LogP contribution in [-0.4, -0.2) is 60.0 Å². The van der Waals surface area contributed by atoms with E-state index in [-0.39, 0.29) is 5.03 Å². The van der Waals surface area contributed by atoms with Gasteiger partial charge in [-0.25, -0.2) is 8.42 Å². The number of aromatic amines is 1. The fourth-order valence-electron chi connectivity index (χ4n) is 3.10. The second-order valence-corrected chi connectivity index (χ2v) is 7.21. The third-order valence-corrected chi connectivity index (χ3v) is 6.04. The van der Waals surface area contributed by atoms with E-state index in [4.69, 9.17) is 0 Å². The van der Waals surface area contributed by atoms with Crippen molar-refractivity contribution in [3.05, 3.63) is 12.3 Å². The summed E-state index contributed by atoms with van der Waals surface area (Å²) in [5, 5.41) is 6.46. The van der Waals surface area contributed by atoms with Crippen molar-refractivity contribution in [3.8, 4) is 0 Å². The Morgan fingerprint density at radius 3 is 2.42 bits per heavy atom. The van der Waals surface area contributed by atoms with E-state index in [0.717, 1.165) is 13.1 Å². The maximum atomic E-state index is 12.3. The number of aromatic nitrogens is 2. The molecule has 3 rings (SSSR count). The molecule has 0 spiro atoms. The molecule has 106 valence electrons. The van der Waals surface area contributed by atoms with E-state index in [0.29, 0.717) is 19.1 Å². The summed E-state index contributed by atoms with van der Waals surface area (Å²) in [6.45, 7) is 2.85. The zero-order chi connectivity index (χ0) is 13.3. The van der Waals surface area contributed by atoms with Crippen LogP contribution in [0.1, 0.15) is 25.7 Å². The smallest absolute Gasteiger partial charge is 0.260 e. The number of piperazine rings is 1. The lowest BCUT2D eigenvalue weighted by Crippen LogP contribution is -2.51. The Labute approximate surface area is 113 Å². The monoisotopic (exact) mass is 284 g/mol. The Balaban J connectivity index is 1.64. The van der Waals surface area contributed by atoms with Crippen LogP contribution in [0.5, 0.6) is 0 Å². The van der Waals surface area contributed by atoms with E-state index in [2.05, 4.69) is 15.1 Å². The van der Waals surface area contributed by atoms with Gasteiger partial charge >= 0.3 is 0 Å². The highest BCUT2D eigenvalue weighted by Gasteiger charge is 2.32. The minimum Gasteiger partial charge on any atom is -0.298 e. The van der Waals surface area contributed by atoms with E-state index in [1.54, 1.807) is 4.31 Å². The number of rotatable bonds is 3. The topological polar surface area (TPSA) is 69.3 Å². The number of hydrogen-bond donors (Lipinski definition) is 1. The van der Waals surface area contributed by atoms with Gasteiger partial charge in [-0.3, -0.25) is 10.00 Å². The van der Waals surface area contributed by atoms with Gasteiger partial charge in [0.1, 0.15) is 0 Å². The van der Waals surface area contributed by atoms with Crippen molar-refractivity contribution in [2.45, 2.75) is 36.8 Å². The van der Waals surface area contributed by atoms with Crippen LogP contribution < -0.4 is 0 Å². The van der Waals surface area contributed by atoms with E-state index in [1.165, 1.54) is 37.9 Å². The molecule has 0 amide bonds. The van der Waals surface area contributed by atoms with Gasteiger partial charge in [0.2, 0.25) is 0 Å². The molecule has 0 atom stereocenters. The summed E-state index contributed by atoms with van der Waals surface area (Å²) in [5.41, 5.74) is 0. The fraction of sp³-hybridized carbons (Fsp3) is 0.750.